The molecule has 0 aromatic heterocycles. The third kappa shape index (κ3) is 3.65. The Kier molecular flexibility index (Phi) is 4.73. The molecule has 2 heteroatoms. The first-order chi connectivity index (χ1) is 6.24. The average Bonchev–Trinajstić information content (AvgIpc) is 2.15. The van der Waals surface area contributed by atoms with Crippen molar-refractivity contribution >= 4 is 22.6 Å². The summed E-state index contributed by atoms with van der Waals surface area (Å²) in [5, 5.41) is 3.31. The molecule has 1 aromatic carbocycles. The van der Waals surface area contributed by atoms with Gasteiger partial charge in [-0.25, -0.2) is 0 Å². The van der Waals surface area contributed by atoms with Gasteiger partial charge in [-0.15, -0.1) is 0 Å². The fourth-order valence-corrected chi connectivity index (χ4v) is 1.59. The van der Waals surface area contributed by atoms with Crippen molar-refractivity contribution in [1.82, 2.24) is 5.32 Å². The lowest BCUT2D eigenvalue weighted by atomic mass is 10.1. The highest BCUT2D eigenvalue weighted by Crippen LogP contribution is 2.21. The van der Waals surface area contributed by atoms with Gasteiger partial charge in [0.2, 0.25) is 0 Å². The third-order valence-corrected chi connectivity index (χ3v) is 2.74. The second kappa shape index (κ2) is 5.60. The van der Waals surface area contributed by atoms with E-state index in [0.29, 0.717) is 3.92 Å². The minimum atomic E-state index is 0.603. The van der Waals surface area contributed by atoms with E-state index in [-0.39, 0.29) is 0 Å². The maximum absolute atomic E-state index is 3.31. The van der Waals surface area contributed by atoms with Crippen LogP contribution >= 0.6 is 22.6 Å². The molecule has 0 radical (unpaired) electrons. The van der Waals surface area contributed by atoms with E-state index in [0.717, 1.165) is 13.1 Å². The standard InChI is InChI=1S/C11H16IN/c1-3-13-8-10-4-6-11(7-5-10)9(2)12/h4-7,9,13H,3,8H2,1-2H3. The Morgan fingerprint density at radius 3 is 2.38 bits per heavy atom. The SMILES string of the molecule is CCNCc1ccc(C(C)I)cc1. The van der Waals surface area contributed by atoms with Crippen molar-refractivity contribution in [3.63, 3.8) is 0 Å². The number of halogens is 1. The summed E-state index contributed by atoms with van der Waals surface area (Å²) in [5.41, 5.74) is 2.77. The molecule has 72 valence electrons. The van der Waals surface area contributed by atoms with Crippen molar-refractivity contribution in [2.45, 2.75) is 24.3 Å². The van der Waals surface area contributed by atoms with Crippen LogP contribution in [0.2, 0.25) is 0 Å². The summed E-state index contributed by atoms with van der Waals surface area (Å²) in [6.45, 7) is 6.35. The van der Waals surface area contributed by atoms with Gasteiger partial charge in [0.15, 0.2) is 0 Å². The van der Waals surface area contributed by atoms with Crippen LogP contribution in [-0.4, -0.2) is 6.54 Å². The number of hydrogen-bond donors (Lipinski definition) is 1. The zero-order chi connectivity index (χ0) is 9.68. The Bertz CT molecular complexity index is 241. The van der Waals surface area contributed by atoms with Gasteiger partial charge < -0.3 is 5.32 Å². The van der Waals surface area contributed by atoms with Gasteiger partial charge >= 0.3 is 0 Å². The monoisotopic (exact) mass is 289 g/mol. The second-order valence-electron chi connectivity index (χ2n) is 3.14. The number of benzene rings is 1. The van der Waals surface area contributed by atoms with Gasteiger partial charge in [-0.2, -0.15) is 0 Å². The van der Waals surface area contributed by atoms with Gasteiger partial charge in [-0.05, 0) is 24.6 Å². The van der Waals surface area contributed by atoms with Crippen LogP contribution in [0.5, 0.6) is 0 Å². The highest BCUT2D eigenvalue weighted by molar-refractivity contribution is 14.1. The molecule has 0 aliphatic carbocycles. The Balaban J connectivity index is 2.59. The lowest BCUT2D eigenvalue weighted by molar-refractivity contribution is 0.726. The minimum Gasteiger partial charge on any atom is -0.313 e. The van der Waals surface area contributed by atoms with E-state index < -0.39 is 0 Å². The molecule has 1 N–H and O–H groups in total. The first-order valence-corrected chi connectivity index (χ1v) is 5.92. The molecule has 1 nitrogen and oxygen atoms in total. The maximum atomic E-state index is 3.31. The van der Waals surface area contributed by atoms with Gasteiger partial charge in [0.05, 0.1) is 0 Å². The predicted octanol–water partition coefficient (Wildman–Crippen LogP) is 3.29. The van der Waals surface area contributed by atoms with Gasteiger partial charge in [-0.1, -0.05) is 53.8 Å². The Morgan fingerprint density at radius 2 is 1.92 bits per heavy atom. The third-order valence-electron chi connectivity index (χ3n) is 2.02. The normalized spacial score (nSPS) is 12.8. The number of hydrogen-bond acceptors (Lipinski definition) is 1. The lowest BCUT2D eigenvalue weighted by Crippen LogP contribution is -2.11. The van der Waals surface area contributed by atoms with Crippen molar-refractivity contribution in [2.75, 3.05) is 6.54 Å². The predicted molar refractivity (Wildman–Crippen MR) is 66.3 cm³/mol. The zero-order valence-electron chi connectivity index (χ0n) is 8.18. The summed E-state index contributed by atoms with van der Waals surface area (Å²) in [6.07, 6.45) is 0. The van der Waals surface area contributed by atoms with Crippen LogP contribution in [0.1, 0.15) is 28.9 Å². The summed E-state index contributed by atoms with van der Waals surface area (Å²) in [4.78, 5) is 0. The van der Waals surface area contributed by atoms with Crippen LogP contribution in [0.25, 0.3) is 0 Å². The molecule has 1 rings (SSSR count). The summed E-state index contributed by atoms with van der Waals surface area (Å²) < 4.78 is 0.603. The van der Waals surface area contributed by atoms with Crippen LogP contribution in [0.15, 0.2) is 24.3 Å². The number of alkyl halides is 1. The molecule has 0 saturated carbocycles. The number of nitrogens with one attached hydrogen (secondary N) is 1. The molecular weight excluding hydrogens is 273 g/mol. The Morgan fingerprint density at radius 1 is 1.31 bits per heavy atom. The highest BCUT2D eigenvalue weighted by atomic mass is 127. The van der Waals surface area contributed by atoms with Crippen molar-refractivity contribution in [3.05, 3.63) is 35.4 Å². The van der Waals surface area contributed by atoms with Crippen LogP contribution in [0, 0.1) is 0 Å². The van der Waals surface area contributed by atoms with Crippen LogP contribution in [0.3, 0.4) is 0 Å². The topological polar surface area (TPSA) is 12.0 Å². The van der Waals surface area contributed by atoms with Crippen molar-refractivity contribution < 1.29 is 0 Å². The zero-order valence-corrected chi connectivity index (χ0v) is 10.3. The van der Waals surface area contributed by atoms with E-state index >= 15 is 0 Å². The van der Waals surface area contributed by atoms with Crippen LogP contribution in [-0.2, 0) is 6.54 Å². The fraction of sp³-hybridized carbons (Fsp3) is 0.455. The van der Waals surface area contributed by atoms with Crippen molar-refractivity contribution in [2.24, 2.45) is 0 Å². The van der Waals surface area contributed by atoms with E-state index in [4.69, 9.17) is 0 Å². The molecule has 0 aliphatic rings. The Labute approximate surface area is 94.1 Å². The second-order valence-corrected chi connectivity index (χ2v) is 5.01. The van der Waals surface area contributed by atoms with Crippen molar-refractivity contribution in [3.8, 4) is 0 Å². The smallest absolute Gasteiger partial charge is 0.0331 e. The van der Waals surface area contributed by atoms with Gasteiger partial charge in [0, 0.05) is 10.5 Å². The first-order valence-electron chi connectivity index (χ1n) is 4.67. The summed E-state index contributed by atoms with van der Waals surface area (Å²) in [5.74, 6) is 0. The molecule has 0 amide bonds. The van der Waals surface area contributed by atoms with E-state index in [2.05, 4.69) is 66.0 Å². The fourth-order valence-electron chi connectivity index (χ4n) is 1.17. The van der Waals surface area contributed by atoms with Crippen molar-refractivity contribution in [1.29, 1.82) is 0 Å². The molecule has 1 atom stereocenters. The van der Waals surface area contributed by atoms with E-state index in [1.165, 1.54) is 11.1 Å². The summed E-state index contributed by atoms with van der Waals surface area (Å²) in [7, 11) is 0. The summed E-state index contributed by atoms with van der Waals surface area (Å²) in [6, 6.07) is 8.83. The maximum Gasteiger partial charge on any atom is 0.0331 e. The van der Waals surface area contributed by atoms with Crippen LogP contribution < -0.4 is 5.32 Å². The number of rotatable bonds is 4. The van der Waals surface area contributed by atoms with Gasteiger partial charge in [0.1, 0.15) is 0 Å². The van der Waals surface area contributed by atoms with Crippen LogP contribution in [0.4, 0.5) is 0 Å². The molecule has 0 saturated heterocycles. The molecule has 13 heavy (non-hydrogen) atoms. The molecule has 0 bridgehead atoms. The van der Waals surface area contributed by atoms with Gasteiger partial charge in [-0.3, -0.25) is 0 Å². The molecule has 0 fully saturated rings. The largest absolute Gasteiger partial charge is 0.313 e. The quantitative estimate of drug-likeness (QED) is 0.662. The highest BCUT2D eigenvalue weighted by Gasteiger charge is 1.99. The molecule has 0 spiro atoms. The molecule has 1 aromatic rings. The van der Waals surface area contributed by atoms with E-state index in [1.54, 1.807) is 0 Å². The van der Waals surface area contributed by atoms with Gasteiger partial charge in [0.25, 0.3) is 0 Å². The molecule has 0 heterocycles. The average molecular weight is 289 g/mol. The van der Waals surface area contributed by atoms with E-state index in [1.807, 2.05) is 0 Å². The molecular formula is C11H16IN. The minimum absolute atomic E-state index is 0.603. The molecule has 1 unspecified atom stereocenters. The molecule has 0 aliphatic heterocycles. The first kappa shape index (κ1) is 11.0. The lowest BCUT2D eigenvalue weighted by Gasteiger charge is -2.05. The van der Waals surface area contributed by atoms with E-state index in [9.17, 15) is 0 Å². The Hall–Kier alpha value is -0.0900. The summed E-state index contributed by atoms with van der Waals surface area (Å²) >= 11 is 2.43.